The van der Waals surface area contributed by atoms with Crippen molar-refractivity contribution in [1.82, 2.24) is 4.90 Å². The third kappa shape index (κ3) is 2.60. The molecule has 3 atom stereocenters. The summed E-state index contributed by atoms with van der Waals surface area (Å²) in [5.41, 5.74) is 7.26. The molecule has 0 spiro atoms. The number of hydrogen-bond acceptors (Lipinski definition) is 2. The average molecular weight is 244 g/mol. The Balaban J connectivity index is 1.65. The Hall–Kier alpha value is -0.860. The largest absolute Gasteiger partial charge is 0.330 e. The van der Waals surface area contributed by atoms with E-state index >= 15 is 0 Å². The van der Waals surface area contributed by atoms with E-state index in [1.165, 1.54) is 37.8 Å². The van der Waals surface area contributed by atoms with Gasteiger partial charge in [0.15, 0.2) is 0 Å². The van der Waals surface area contributed by atoms with Gasteiger partial charge in [-0.05, 0) is 49.8 Å². The molecule has 1 aromatic carbocycles. The molecule has 0 bridgehead atoms. The Labute approximate surface area is 110 Å². The zero-order valence-corrected chi connectivity index (χ0v) is 11.1. The van der Waals surface area contributed by atoms with Gasteiger partial charge in [-0.15, -0.1) is 0 Å². The van der Waals surface area contributed by atoms with Gasteiger partial charge in [-0.2, -0.15) is 0 Å². The number of nitrogens with two attached hydrogens (primary N) is 1. The van der Waals surface area contributed by atoms with Crippen LogP contribution in [-0.4, -0.2) is 24.0 Å². The number of likely N-dealkylation sites (tertiary alicyclic amines) is 1. The van der Waals surface area contributed by atoms with Crippen molar-refractivity contribution < 1.29 is 0 Å². The lowest BCUT2D eigenvalue weighted by Gasteiger charge is -2.36. The Kier molecular flexibility index (Phi) is 3.67. The molecular weight excluding hydrogens is 220 g/mol. The molecule has 1 saturated carbocycles. The molecule has 3 rings (SSSR count). The molecule has 2 aliphatic rings. The van der Waals surface area contributed by atoms with Gasteiger partial charge in [-0.1, -0.05) is 36.8 Å². The monoisotopic (exact) mass is 244 g/mol. The van der Waals surface area contributed by atoms with Crippen molar-refractivity contribution in [3.05, 3.63) is 35.9 Å². The van der Waals surface area contributed by atoms with Crippen molar-refractivity contribution in [2.24, 2.45) is 17.6 Å². The summed E-state index contributed by atoms with van der Waals surface area (Å²) in [6.45, 7) is 3.28. The van der Waals surface area contributed by atoms with E-state index in [4.69, 9.17) is 5.73 Å². The van der Waals surface area contributed by atoms with Crippen molar-refractivity contribution in [3.8, 4) is 0 Å². The number of rotatable bonds is 4. The SMILES string of the molecule is NC[C@@H]1C[C@H]1C1CCCCN1Cc1ccccc1. The molecule has 98 valence electrons. The molecule has 1 heterocycles. The number of benzene rings is 1. The van der Waals surface area contributed by atoms with Crippen molar-refractivity contribution in [1.29, 1.82) is 0 Å². The van der Waals surface area contributed by atoms with Gasteiger partial charge in [0.1, 0.15) is 0 Å². The lowest BCUT2D eigenvalue weighted by Crippen LogP contribution is -2.41. The van der Waals surface area contributed by atoms with E-state index in [9.17, 15) is 0 Å². The van der Waals surface area contributed by atoms with Gasteiger partial charge in [0, 0.05) is 12.6 Å². The van der Waals surface area contributed by atoms with E-state index in [0.717, 1.165) is 31.0 Å². The molecule has 1 aliphatic carbocycles. The molecule has 1 aliphatic heterocycles. The van der Waals surface area contributed by atoms with Crippen molar-refractivity contribution >= 4 is 0 Å². The zero-order valence-electron chi connectivity index (χ0n) is 11.1. The van der Waals surface area contributed by atoms with Crippen LogP contribution >= 0.6 is 0 Å². The molecular formula is C16H24N2. The highest BCUT2D eigenvalue weighted by atomic mass is 15.2. The normalized spacial score (nSPS) is 32.4. The average Bonchev–Trinajstić information content (AvgIpc) is 3.20. The van der Waals surface area contributed by atoms with Gasteiger partial charge < -0.3 is 5.73 Å². The highest BCUT2D eigenvalue weighted by Crippen LogP contribution is 2.45. The fourth-order valence-corrected chi connectivity index (χ4v) is 3.53. The van der Waals surface area contributed by atoms with Crippen LogP contribution in [0.3, 0.4) is 0 Å². The molecule has 1 unspecified atom stereocenters. The van der Waals surface area contributed by atoms with Crippen LogP contribution in [0.15, 0.2) is 30.3 Å². The summed E-state index contributed by atoms with van der Waals surface area (Å²) >= 11 is 0. The first-order valence-electron chi connectivity index (χ1n) is 7.36. The highest BCUT2D eigenvalue weighted by Gasteiger charge is 2.44. The van der Waals surface area contributed by atoms with Gasteiger partial charge in [0.05, 0.1) is 0 Å². The second-order valence-corrected chi connectivity index (χ2v) is 5.91. The van der Waals surface area contributed by atoms with Crippen LogP contribution in [0.2, 0.25) is 0 Å². The first kappa shape index (κ1) is 12.2. The fraction of sp³-hybridized carbons (Fsp3) is 0.625. The third-order valence-electron chi connectivity index (χ3n) is 4.67. The molecule has 1 aromatic rings. The summed E-state index contributed by atoms with van der Waals surface area (Å²) < 4.78 is 0. The Bertz CT molecular complexity index is 376. The summed E-state index contributed by atoms with van der Waals surface area (Å²) in [7, 11) is 0. The predicted octanol–water partition coefficient (Wildman–Crippen LogP) is 2.64. The maximum atomic E-state index is 5.81. The smallest absolute Gasteiger partial charge is 0.0236 e. The minimum Gasteiger partial charge on any atom is -0.330 e. The summed E-state index contributed by atoms with van der Waals surface area (Å²) in [5.74, 6) is 1.70. The second-order valence-electron chi connectivity index (χ2n) is 5.91. The molecule has 18 heavy (non-hydrogen) atoms. The lowest BCUT2D eigenvalue weighted by atomic mass is 9.96. The van der Waals surface area contributed by atoms with E-state index in [2.05, 4.69) is 35.2 Å². The van der Waals surface area contributed by atoms with Crippen LogP contribution in [0.25, 0.3) is 0 Å². The van der Waals surface area contributed by atoms with Gasteiger partial charge >= 0.3 is 0 Å². The van der Waals surface area contributed by atoms with Crippen molar-refractivity contribution in [3.63, 3.8) is 0 Å². The molecule has 2 fully saturated rings. The molecule has 1 saturated heterocycles. The fourth-order valence-electron chi connectivity index (χ4n) is 3.53. The minimum atomic E-state index is 0.799. The second kappa shape index (κ2) is 5.41. The van der Waals surface area contributed by atoms with Crippen LogP contribution < -0.4 is 5.73 Å². The number of hydrogen-bond donors (Lipinski definition) is 1. The molecule has 2 heteroatoms. The van der Waals surface area contributed by atoms with Gasteiger partial charge in [0.2, 0.25) is 0 Å². The van der Waals surface area contributed by atoms with Crippen LogP contribution in [0.4, 0.5) is 0 Å². The quantitative estimate of drug-likeness (QED) is 0.882. The summed E-state index contributed by atoms with van der Waals surface area (Å²) in [4.78, 5) is 2.71. The summed E-state index contributed by atoms with van der Waals surface area (Å²) in [6.07, 6.45) is 5.52. The molecule has 0 amide bonds. The third-order valence-corrected chi connectivity index (χ3v) is 4.67. The van der Waals surface area contributed by atoms with Gasteiger partial charge in [0.25, 0.3) is 0 Å². The first-order chi connectivity index (χ1) is 8.88. The van der Waals surface area contributed by atoms with Crippen molar-refractivity contribution in [2.75, 3.05) is 13.1 Å². The summed E-state index contributed by atoms with van der Waals surface area (Å²) in [5, 5.41) is 0. The highest BCUT2D eigenvalue weighted by molar-refractivity contribution is 5.15. The Morgan fingerprint density at radius 1 is 1.17 bits per heavy atom. The maximum Gasteiger partial charge on any atom is 0.0236 e. The summed E-state index contributed by atoms with van der Waals surface area (Å²) in [6, 6.07) is 11.7. The van der Waals surface area contributed by atoms with E-state index < -0.39 is 0 Å². The number of nitrogens with zero attached hydrogens (tertiary/aromatic N) is 1. The molecule has 0 radical (unpaired) electrons. The van der Waals surface area contributed by atoms with E-state index in [0.29, 0.717) is 0 Å². The van der Waals surface area contributed by atoms with Crippen LogP contribution in [0.1, 0.15) is 31.2 Å². The predicted molar refractivity (Wildman–Crippen MR) is 75.1 cm³/mol. The van der Waals surface area contributed by atoms with E-state index in [1.807, 2.05) is 0 Å². The maximum absolute atomic E-state index is 5.81. The Morgan fingerprint density at radius 3 is 2.72 bits per heavy atom. The van der Waals surface area contributed by atoms with Gasteiger partial charge in [-0.25, -0.2) is 0 Å². The van der Waals surface area contributed by atoms with Crippen LogP contribution in [0, 0.1) is 11.8 Å². The van der Waals surface area contributed by atoms with Crippen LogP contribution in [-0.2, 0) is 6.54 Å². The minimum absolute atomic E-state index is 0.799. The van der Waals surface area contributed by atoms with E-state index in [1.54, 1.807) is 0 Å². The topological polar surface area (TPSA) is 29.3 Å². The number of piperidine rings is 1. The molecule has 2 N–H and O–H groups in total. The van der Waals surface area contributed by atoms with Crippen LogP contribution in [0.5, 0.6) is 0 Å². The van der Waals surface area contributed by atoms with Gasteiger partial charge in [-0.3, -0.25) is 4.90 Å². The lowest BCUT2D eigenvalue weighted by molar-refractivity contribution is 0.118. The zero-order chi connectivity index (χ0) is 12.4. The Morgan fingerprint density at radius 2 is 2.00 bits per heavy atom. The molecule has 0 aromatic heterocycles. The molecule has 2 nitrogen and oxygen atoms in total. The first-order valence-corrected chi connectivity index (χ1v) is 7.36. The standard InChI is InChI=1S/C16H24N2/c17-11-14-10-15(14)16-8-4-5-9-18(16)12-13-6-2-1-3-7-13/h1-3,6-7,14-16H,4-5,8-12,17H2/t14-,15+,16?/m0/s1. The van der Waals surface area contributed by atoms with E-state index in [-0.39, 0.29) is 0 Å². The van der Waals surface area contributed by atoms with Crippen molar-refractivity contribution in [2.45, 2.75) is 38.3 Å².